The first-order chi connectivity index (χ1) is 19.7. The van der Waals surface area contributed by atoms with Gasteiger partial charge < -0.3 is 30.7 Å². The van der Waals surface area contributed by atoms with E-state index in [1.165, 1.54) is 0 Å². The molecule has 2 aliphatic rings. The molecule has 2 heterocycles. The minimum atomic E-state index is -1.00. The van der Waals surface area contributed by atoms with E-state index >= 15 is 0 Å². The van der Waals surface area contributed by atoms with E-state index in [1.54, 1.807) is 6.92 Å². The standard InChI is InChI=1S/C30H56N6O6/c1-24(37)33-14-18-35(19-15-33)29(2,3)22-42-23-30(4,5)36-20-16-34(17-21-36)27(39)12-7-6-11-26(38)32-13-9-8-10-25(31)28(40)41/h25H,6-23,31H2,1-5H3,(H,32,38)(H,40,41). The quantitative estimate of drug-likeness (QED) is 0.210. The van der Waals surface area contributed by atoms with Crippen LogP contribution in [0.2, 0.25) is 0 Å². The van der Waals surface area contributed by atoms with Gasteiger partial charge in [-0.2, -0.15) is 0 Å². The molecule has 0 aliphatic carbocycles. The Bertz CT molecular complexity index is 882. The fourth-order valence-corrected chi connectivity index (χ4v) is 5.57. The highest BCUT2D eigenvalue weighted by atomic mass is 16.5. The lowest BCUT2D eigenvalue weighted by atomic mass is 10.0. The van der Waals surface area contributed by atoms with Gasteiger partial charge in [0, 0.05) is 89.7 Å². The molecule has 12 heteroatoms. The van der Waals surface area contributed by atoms with E-state index in [0.29, 0.717) is 77.8 Å². The van der Waals surface area contributed by atoms with Crippen LogP contribution in [0.3, 0.4) is 0 Å². The number of carbonyl (C=O) groups excluding carboxylic acids is 3. The van der Waals surface area contributed by atoms with Gasteiger partial charge in [0.1, 0.15) is 6.04 Å². The van der Waals surface area contributed by atoms with Crippen molar-refractivity contribution in [3.05, 3.63) is 0 Å². The second-order valence-electron chi connectivity index (χ2n) is 13.0. The molecule has 2 fully saturated rings. The van der Waals surface area contributed by atoms with Gasteiger partial charge in [0.25, 0.3) is 0 Å². The highest BCUT2D eigenvalue weighted by Crippen LogP contribution is 2.22. The Morgan fingerprint density at radius 3 is 1.79 bits per heavy atom. The summed E-state index contributed by atoms with van der Waals surface area (Å²) in [5, 5.41) is 11.6. The van der Waals surface area contributed by atoms with E-state index in [1.807, 2.05) is 9.80 Å². The Morgan fingerprint density at radius 1 is 0.786 bits per heavy atom. The van der Waals surface area contributed by atoms with Crippen LogP contribution in [0.5, 0.6) is 0 Å². The maximum Gasteiger partial charge on any atom is 0.320 e. The summed E-state index contributed by atoms with van der Waals surface area (Å²) in [4.78, 5) is 55.7. The maximum atomic E-state index is 12.7. The van der Waals surface area contributed by atoms with Gasteiger partial charge in [0.2, 0.25) is 17.7 Å². The Kier molecular flexibility index (Phi) is 14.6. The number of nitrogens with one attached hydrogen (secondary N) is 1. The van der Waals surface area contributed by atoms with Crippen molar-refractivity contribution in [1.29, 1.82) is 0 Å². The molecule has 4 N–H and O–H groups in total. The zero-order chi connectivity index (χ0) is 31.3. The molecule has 0 spiro atoms. The van der Waals surface area contributed by atoms with Crippen molar-refractivity contribution in [2.75, 3.05) is 72.1 Å². The third-order valence-corrected chi connectivity index (χ3v) is 8.61. The highest BCUT2D eigenvalue weighted by molar-refractivity contribution is 5.77. The van der Waals surface area contributed by atoms with Gasteiger partial charge in [0.05, 0.1) is 13.2 Å². The Hall–Kier alpha value is -2.28. The maximum absolute atomic E-state index is 12.7. The molecule has 0 aromatic carbocycles. The number of carboxylic acid groups (broad SMARTS) is 1. The van der Waals surface area contributed by atoms with Crippen LogP contribution in [0.15, 0.2) is 0 Å². The molecule has 1 unspecified atom stereocenters. The van der Waals surface area contributed by atoms with E-state index in [0.717, 1.165) is 39.3 Å². The third kappa shape index (κ3) is 12.1. The molecule has 0 radical (unpaired) electrons. The molecule has 0 aromatic rings. The van der Waals surface area contributed by atoms with Crippen molar-refractivity contribution in [3.63, 3.8) is 0 Å². The topological polar surface area (TPSA) is 149 Å². The summed E-state index contributed by atoms with van der Waals surface area (Å²) in [6, 6.07) is -0.849. The van der Waals surface area contributed by atoms with E-state index in [4.69, 9.17) is 15.6 Å². The van der Waals surface area contributed by atoms with Crippen LogP contribution < -0.4 is 11.1 Å². The molecule has 42 heavy (non-hydrogen) atoms. The van der Waals surface area contributed by atoms with Crippen molar-refractivity contribution >= 4 is 23.7 Å². The molecule has 1 atom stereocenters. The number of unbranched alkanes of at least 4 members (excludes halogenated alkanes) is 2. The number of hydrogen-bond donors (Lipinski definition) is 3. The van der Waals surface area contributed by atoms with Gasteiger partial charge >= 0.3 is 5.97 Å². The number of nitrogens with two attached hydrogens (primary N) is 1. The second kappa shape index (κ2) is 17.1. The Morgan fingerprint density at radius 2 is 1.29 bits per heavy atom. The smallest absolute Gasteiger partial charge is 0.320 e. The number of ether oxygens (including phenoxy) is 1. The van der Waals surface area contributed by atoms with Gasteiger partial charge in [-0.3, -0.25) is 29.0 Å². The number of nitrogens with zero attached hydrogens (tertiary/aromatic N) is 4. The molecule has 242 valence electrons. The molecule has 2 saturated heterocycles. The molecule has 0 aromatic heterocycles. The Labute approximate surface area is 252 Å². The molecule has 0 bridgehead atoms. The predicted molar refractivity (Wildman–Crippen MR) is 162 cm³/mol. The number of carbonyl (C=O) groups is 4. The summed E-state index contributed by atoms with van der Waals surface area (Å²) in [6.45, 7) is 18.4. The fourth-order valence-electron chi connectivity index (χ4n) is 5.57. The van der Waals surface area contributed by atoms with Crippen LogP contribution in [0.4, 0.5) is 0 Å². The Balaban J connectivity index is 1.58. The molecule has 0 saturated carbocycles. The number of piperazine rings is 2. The largest absolute Gasteiger partial charge is 0.480 e. The van der Waals surface area contributed by atoms with Gasteiger partial charge in [-0.05, 0) is 59.8 Å². The van der Waals surface area contributed by atoms with Crippen LogP contribution in [0, 0.1) is 0 Å². The van der Waals surface area contributed by atoms with Gasteiger partial charge in [-0.25, -0.2) is 0 Å². The van der Waals surface area contributed by atoms with Gasteiger partial charge in [-0.15, -0.1) is 0 Å². The SMILES string of the molecule is CC(=O)N1CCN(C(C)(C)COCC(C)(C)N2CCN(C(=O)CCCCC(=O)NCCCCC(N)C(=O)O)CC2)CC1. The van der Waals surface area contributed by atoms with Crippen molar-refractivity contribution in [1.82, 2.24) is 24.9 Å². The normalized spacial score (nSPS) is 18.1. The number of aliphatic carboxylic acids is 1. The van der Waals surface area contributed by atoms with Gasteiger partial charge in [0.15, 0.2) is 0 Å². The van der Waals surface area contributed by atoms with Crippen LogP contribution in [-0.4, -0.2) is 138 Å². The van der Waals surface area contributed by atoms with Crippen LogP contribution >= 0.6 is 0 Å². The molecular weight excluding hydrogens is 540 g/mol. The van der Waals surface area contributed by atoms with E-state index in [-0.39, 0.29) is 28.8 Å². The number of carboxylic acids is 1. The van der Waals surface area contributed by atoms with Gasteiger partial charge in [-0.1, -0.05) is 0 Å². The summed E-state index contributed by atoms with van der Waals surface area (Å²) in [5.41, 5.74) is 5.22. The monoisotopic (exact) mass is 596 g/mol. The summed E-state index contributed by atoms with van der Waals surface area (Å²) >= 11 is 0. The fraction of sp³-hybridized carbons (Fsp3) is 0.867. The summed E-state index contributed by atoms with van der Waals surface area (Å²) < 4.78 is 6.25. The number of amides is 3. The van der Waals surface area contributed by atoms with Crippen LogP contribution in [0.1, 0.15) is 79.6 Å². The second-order valence-corrected chi connectivity index (χ2v) is 13.0. The van der Waals surface area contributed by atoms with E-state index < -0.39 is 12.0 Å². The summed E-state index contributed by atoms with van der Waals surface area (Å²) in [7, 11) is 0. The average Bonchev–Trinajstić information content (AvgIpc) is 2.94. The average molecular weight is 597 g/mol. The lowest BCUT2D eigenvalue weighted by Gasteiger charge is -2.46. The third-order valence-electron chi connectivity index (χ3n) is 8.61. The minimum Gasteiger partial charge on any atom is -0.480 e. The summed E-state index contributed by atoms with van der Waals surface area (Å²) in [6.07, 6.45) is 3.91. The van der Waals surface area contributed by atoms with Crippen molar-refractivity contribution in [2.45, 2.75) is 96.7 Å². The minimum absolute atomic E-state index is 0.0398. The molecule has 2 aliphatic heterocycles. The van der Waals surface area contributed by atoms with E-state index in [9.17, 15) is 19.2 Å². The molecule has 2 rings (SSSR count). The van der Waals surface area contributed by atoms with E-state index in [2.05, 4.69) is 42.8 Å². The van der Waals surface area contributed by atoms with Crippen molar-refractivity contribution < 1.29 is 29.0 Å². The number of hydrogen-bond acceptors (Lipinski definition) is 8. The van der Waals surface area contributed by atoms with Crippen molar-refractivity contribution in [3.8, 4) is 0 Å². The number of rotatable bonds is 17. The molecule has 12 nitrogen and oxygen atoms in total. The first-order valence-electron chi connectivity index (χ1n) is 15.6. The first-order valence-corrected chi connectivity index (χ1v) is 15.6. The first kappa shape index (κ1) is 35.9. The van der Waals surface area contributed by atoms with Crippen molar-refractivity contribution in [2.24, 2.45) is 5.73 Å². The molecule has 3 amide bonds. The van der Waals surface area contributed by atoms with Crippen LogP contribution in [-0.2, 0) is 23.9 Å². The summed E-state index contributed by atoms with van der Waals surface area (Å²) in [5.74, 6) is -0.759. The van der Waals surface area contributed by atoms with Crippen LogP contribution in [0.25, 0.3) is 0 Å². The zero-order valence-corrected chi connectivity index (χ0v) is 26.7. The molecular formula is C30H56N6O6. The highest BCUT2D eigenvalue weighted by Gasteiger charge is 2.34. The lowest BCUT2D eigenvalue weighted by Crippen LogP contribution is -2.59. The zero-order valence-electron chi connectivity index (χ0n) is 26.7. The lowest BCUT2D eigenvalue weighted by molar-refractivity contribution is -0.139. The predicted octanol–water partition coefficient (Wildman–Crippen LogP) is 1.13.